The Hall–Kier alpha value is -1.15. The Labute approximate surface area is 166 Å². The van der Waals surface area contributed by atoms with Gasteiger partial charge in [-0.1, -0.05) is 38.3 Å². The molecule has 1 saturated heterocycles. The molecule has 2 fully saturated rings. The molecule has 0 bridgehead atoms. The summed E-state index contributed by atoms with van der Waals surface area (Å²) >= 11 is 6.17. The van der Waals surface area contributed by atoms with E-state index >= 15 is 0 Å². The second-order valence-electron chi connectivity index (χ2n) is 7.51. The zero-order chi connectivity index (χ0) is 19.6. The summed E-state index contributed by atoms with van der Waals surface area (Å²) in [7, 11) is -3.76. The Morgan fingerprint density at radius 2 is 1.93 bits per heavy atom. The van der Waals surface area contributed by atoms with Gasteiger partial charge in [0.25, 0.3) is 5.91 Å². The summed E-state index contributed by atoms with van der Waals surface area (Å²) < 4.78 is 32.4. The Morgan fingerprint density at radius 1 is 1.22 bits per heavy atom. The monoisotopic (exact) mass is 414 g/mol. The Bertz CT molecular complexity index is 793. The van der Waals surface area contributed by atoms with Gasteiger partial charge in [0.05, 0.1) is 18.2 Å². The molecule has 0 unspecified atom stereocenters. The molecule has 6 nitrogen and oxygen atoms in total. The van der Waals surface area contributed by atoms with Crippen LogP contribution in [0.15, 0.2) is 23.1 Å². The van der Waals surface area contributed by atoms with Crippen molar-refractivity contribution in [1.29, 1.82) is 0 Å². The number of benzene rings is 1. The second-order valence-corrected chi connectivity index (χ2v) is 9.82. The first-order chi connectivity index (χ1) is 12.8. The number of rotatable bonds is 4. The van der Waals surface area contributed by atoms with Crippen molar-refractivity contribution in [2.75, 3.05) is 26.3 Å². The summed E-state index contributed by atoms with van der Waals surface area (Å²) in [5, 5.41) is 3.21. The van der Waals surface area contributed by atoms with E-state index in [0.717, 1.165) is 12.8 Å². The summed E-state index contributed by atoms with van der Waals surface area (Å²) in [4.78, 5) is 12.7. The fraction of sp³-hybridized carbons (Fsp3) is 0.632. The van der Waals surface area contributed by atoms with E-state index < -0.39 is 10.0 Å². The molecule has 2 aliphatic rings. The van der Waals surface area contributed by atoms with Gasteiger partial charge in [0, 0.05) is 24.7 Å². The number of sulfonamides is 1. The summed E-state index contributed by atoms with van der Waals surface area (Å²) in [6, 6.07) is 4.56. The first-order valence-corrected chi connectivity index (χ1v) is 11.3. The molecule has 1 aromatic rings. The van der Waals surface area contributed by atoms with Gasteiger partial charge in [-0.2, -0.15) is 4.31 Å². The van der Waals surface area contributed by atoms with E-state index in [9.17, 15) is 13.2 Å². The largest absolute Gasteiger partial charge is 0.379 e. The molecule has 0 spiro atoms. The van der Waals surface area contributed by atoms with Gasteiger partial charge in [0.15, 0.2) is 0 Å². The van der Waals surface area contributed by atoms with Gasteiger partial charge in [-0.15, -0.1) is 0 Å². The number of halogens is 1. The first kappa shape index (κ1) is 20.6. The van der Waals surface area contributed by atoms with Crippen LogP contribution in [0.1, 0.15) is 43.5 Å². The van der Waals surface area contributed by atoms with E-state index in [4.69, 9.17) is 16.3 Å². The van der Waals surface area contributed by atoms with Crippen molar-refractivity contribution < 1.29 is 17.9 Å². The van der Waals surface area contributed by atoms with Crippen LogP contribution in [0.2, 0.25) is 5.02 Å². The van der Waals surface area contributed by atoms with Gasteiger partial charge >= 0.3 is 0 Å². The van der Waals surface area contributed by atoms with E-state index in [2.05, 4.69) is 19.2 Å². The number of hydrogen-bond donors (Lipinski definition) is 1. The number of carbonyl (C=O) groups excluding carboxylic acids is 1. The lowest BCUT2D eigenvalue weighted by Gasteiger charge is -2.34. The molecule has 27 heavy (non-hydrogen) atoms. The molecule has 1 amide bonds. The van der Waals surface area contributed by atoms with Crippen molar-refractivity contribution in [2.45, 2.75) is 44.0 Å². The van der Waals surface area contributed by atoms with Crippen LogP contribution in [0, 0.1) is 11.8 Å². The van der Waals surface area contributed by atoms with Gasteiger partial charge in [-0.05, 0) is 36.5 Å². The molecule has 1 aliphatic carbocycles. The van der Waals surface area contributed by atoms with E-state index in [1.807, 2.05) is 0 Å². The van der Waals surface area contributed by atoms with E-state index in [0.29, 0.717) is 30.6 Å². The minimum atomic E-state index is -3.76. The van der Waals surface area contributed by atoms with Gasteiger partial charge in [0.1, 0.15) is 4.90 Å². The summed E-state index contributed by atoms with van der Waals surface area (Å²) in [6.45, 7) is 5.64. The normalized spacial score (nSPS) is 27.3. The number of carbonyl (C=O) groups is 1. The maximum absolute atomic E-state index is 12.9. The van der Waals surface area contributed by atoms with Crippen LogP contribution in [0.5, 0.6) is 0 Å². The number of morpholine rings is 1. The minimum Gasteiger partial charge on any atom is -0.379 e. The van der Waals surface area contributed by atoms with Crippen molar-refractivity contribution in [3.05, 3.63) is 28.8 Å². The van der Waals surface area contributed by atoms with Crippen LogP contribution in [-0.4, -0.2) is 51.0 Å². The predicted octanol–water partition coefficient (Wildman–Crippen LogP) is 2.92. The highest BCUT2D eigenvalue weighted by Gasteiger charge is 2.31. The molecular weight excluding hydrogens is 388 g/mol. The van der Waals surface area contributed by atoms with Gasteiger partial charge in [-0.3, -0.25) is 4.79 Å². The Balaban J connectivity index is 1.81. The molecule has 1 saturated carbocycles. The lowest BCUT2D eigenvalue weighted by atomic mass is 9.78. The van der Waals surface area contributed by atoms with Gasteiger partial charge < -0.3 is 10.1 Å². The molecule has 1 N–H and O–H groups in total. The summed E-state index contributed by atoms with van der Waals surface area (Å²) in [5.74, 6) is 0.703. The highest BCUT2D eigenvalue weighted by molar-refractivity contribution is 7.89. The average Bonchev–Trinajstić information content (AvgIpc) is 2.66. The SMILES string of the molecule is C[C@H]1[C@@H](NC(=O)c2ccc(Cl)c(S(=O)(=O)N3CCOCC3)c2)CCC[C@@H]1C. The molecule has 8 heteroatoms. The highest BCUT2D eigenvalue weighted by atomic mass is 35.5. The topological polar surface area (TPSA) is 75.7 Å². The molecule has 3 rings (SSSR count). The number of nitrogens with one attached hydrogen (secondary N) is 1. The molecular formula is C19H27ClN2O4S. The summed E-state index contributed by atoms with van der Waals surface area (Å²) in [5.41, 5.74) is 0.316. The minimum absolute atomic E-state index is 0.0243. The van der Waals surface area contributed by atoms with E-state index in [-0.39, 0.29) is 35.0 Å². The fourth-order valence-corrected chi connectivity index (χ4v) is 5.71. The molecule has 3 atom stereocenters. The van der Waals surface area contributed by atoms with Crippen LogP contribution in [-0.2, 0) is 14.8 Å². The molecule has 1 aliphatic heterocycles. The first-order valence-electron chi connectivity index (χ1n) is 9.49. The number of hydrogen-bond acceptors (Lipinski definition) is 4. The smallest absolute Gasteiger partial charge is 0.251 e. The second kappa shape index (κ2) is 8.47. The predicted molar refractivity (Wildman–Crippen MR) is 104 cm³/mol. The molecule has 0 radical (unpaired) electrons. The van der Waals surface area contributed by atoms with Crippen LogP contribution in [0.3, 0.4) is 0 Å². The van der Waals surface area contributed by atoms with Crippen molar-refractivity contribution in [3.63, 3.8) is 0 Å². The number of amides is 1. The summed E-state index contributed by atoms with van der Waals surface area (Å²) in [6.07, 6.45) is 3.22. The molecule has 150 valence electrons. The van der Waals surface area contributed by atoms with Crippen LogP contribution in [0.4, 0.5) is 0 Å². The van der Waals surface area contributed by atoms with Crippen molar-refractivity contribution in [3.8, 4) is 0 Å². The number of ether oxygens (including phenoxy) is 1. The fourth-order valence-electron chi connectivity index (χ4n) is 3.81. The maximum Gasteiger partial charge on any atom is 0.251 e. The molecule has 1 aromatic carbocycles. The standard InChI is InChI=1S/C19H27ClN2O4S/c1-13-4-3-5-17(14(13)2)21-19(23)15-6-7-16(20)18(12-15)27(24,25)22-8-10-26-11-9-22/h6-7,12-14,17H,3-5,8-11H2,1-2H3,(H,21,23)/t13-,14+,17-/m0/s1. The quantitative estimate of drug-likeness (QED) is 0.821. The van der Waals surface area contributed by atoms with Crippen molar-refractivity contribution in [1.82, 2.24) is 9.62 Å². The highest BCUT2D eigenvalue weighted by Crippen LogP contribution is 2.30. The van der Waals surface area contributed by atoms with Gasteiger partial charge in [-0.25, -0.2) is 8.42 Å². The van der Waals surface area contributed by atoms with E-state index in [1.54, 1.807) is 6.07 Å². The van der Waals surface area contributed by atoms with Crippen LogP contribution >= 0.6 is 11.6 Å². The third-order valence-corrected chi connectivity index (χ3v) is 8.18. The third kappa shape index (κ3) is 4.47. The zero-order valence-corrected chi connectivity index (χ0v) is 17.4. The maximum atomic E-state index is 12.9. The lowest BCUT2D eigenvalue weighted by Crippen LogP contribution is -2.43. The van der Waals surface area contributed by atoms with Crippen molar-refractivity contribution >= 4 is 27.5 Å². The Morgan fingerprint density at radius 3 is 2.63 bits per heavy atom. The van der Waals surface area contributed by atoms with E-state index in [1.165, 1.54) is 22.9 Å². The van der Waals surface area contributed by atoms with Crippen molar-refractivity contribution in [2.24, 2.45) is 11.8 Å². The van der Waals surface area contributed by atoms with Crippen LogP contribution < -0.4 is 5.32 Å². The average molecular weight is 415 g/mol. The lowest BCUT2D eigenvalue weighted by molar-refractivity contribution is 0.0730. The molecule has 0 aromatic heterocycles. The Kier molecular flexibility index (Phi) is 6.46. The zero-order valence-electron chi connectivity index (χ0n) is 15.8. The molecule has 1 heterocycles. The number of nitrogens with zero attached hydrogens (tertiary/aromatic N) is 1. The van der Waals surface area contributed by atoms with Gasteiger partial charge in [0.2, 0.25) is 10.0 Å². The van der Waals surface area contributed by atoms with Crippen LogP contribution in [0.25, 0.3) is 0 Å². The third-order valence-electron chi connectivity index (χ3n) is 5.80.